The Morgan fingerprint density at radius 3 is 2.15 bits per heavy atom. The lowest BCUT2D eigenvalue weighted by Gasteiger charge is -2.12. The lowest BCUT2D eigenvalue weighted by molar-refractivity contribution is -0.141. The van der Waals surface area contributed by atoms with Crippen molar-refractivity contribution in [3.8, 4) is 11.3 Å². The van der Waals surface area contributed by atoms with E-state index in [1.54, 1.807) is 31.2 Å². The summed E-state index contributed by atoms with van der Waals surface area (Å²) in [6.07, 6.45) is -3.48. The van der Waals surface area contributed by atoms with Crippen molar-refractivity contribution < 1.29 is 22.8 Å². The molecule has 1 aliphatic rings. The van der Waals surface area contributed by atoms with Crippen LogP contribution in [0.1, 0.15) is 32.0 Å². The van der Waals surface area contributed by atoms with Gasteiger partial charge < -0.3 is 0 Å². The Balaban J connectivity index is 1.72. The number of alkyl halides is 3. The molecule has 0 saturated heterocycles. The number of anilines is 1. The van der Waals surface area contributed by atoms with Crippen LogP contribution in [0, 0.1) is 6.92 Å². The average Bonchev–Trinajstić information content (AvgIpc) is 3.13. The SMILES string of the molecule is Cc1c(-c2ccc(C(F)(F)F)nc2)n[nH]c1N1C(=O)c2ccccc2C1=O. The molecule has 0 fully saturated rings. The molecule has 1 aliphatic heterocycles. The Kier molecular flexibility index (Phi) is 3.62. The highest BCUT2D eigenvalue weighted by Crippen LogP contribution is 2.34. The van der Waals surface area contributed by atoms with Crippen molar-refractivity contribution in [2.75, 3.05) is 4.90 Å². The number of carbonyl (C=O) groups excluding carboxylic acids is 2. The van der Waals surface area contributed by atoms with Gasteiger partial charge in [-0.2, -0.15) is 18.3 Å². The van der Waals surface area contributed by atoms with Crippen molar-refractivity contribution in [1.82, 2.24) is 15.2 Å². The molecule has 0 unspecified atom stereocenters. The smallest absolute Gasteiger partial charge is 0.268 e. The van der Waals surface area contributed by atoms with Crippen LogP contribution < -0.4 is 4.90 Å². The number of halogens is 3. The number of rotatable bonds is 2. The first kappa shape index (κ1) is 17.0. The van der Waals surface area contributed by atoms with E-state index < -0.39 is 23.7 Å². The second-order valence-electron chi connectivity index (χ2n) is 5.97. The van der Waals surface area contributed by atoms with Gasteiger partial charge in [-0.1, -0.05) is 12.1 Å². The minimum atomic E-state index is -4.54. The van der Waals surface area contributed by atoms with Crippen molar-refractivity contribution in [2.24, 2.45) is 0 Å². The van der Waals surface area contributed by atoms with Crippen molar-refractivity contribution in [2.45, 2.75) is 13.1 Å². The van der Waals surface area contributed by atoms with Crippen LogP contribution in [0.5, 0.6) is 0 Å². The van der Waals surface area contributed by atoms with E-state index in [-0.39, 0.29) is 16.9 Å². The maximum Gasteiger partial charge on any atom is 0.433 e. The Labute approximate surface area is 150 Å². The van der Waals surface area contributed by atoms with E-state index in [1.165, 1.54) is 6.07 Å². The Hall–Kier alpha value is -3.49. The molecule has 3 heterocycles. The highest BCUT2D eigenvalue weighted by molar-refractivity contribution is 6.34. The molecule has 2 aromatic heterocycles. The van der Waals surface area contributed by atoms with Crippen LogP contribution in [-0.2, 0) is 6.18 Å². The lowest BCUT2D eigenvalue weighted by Crippen LogP contribution is -2.30. The number of nitrogens with one attached hydrogen (secondary N) is 1. The number of aromatic nitrogens is 3. The maximum atomic E-state index is 12.7. The molecule has 0 saturated carbocycles. The van der Waals surface area contributed by atoms with Gasteiger partial charge in [0.25, 0.3) is 11.8 Å². The number of fused-ring (bicyclic) bond motifs is 1. The zero-order valence-corrected chi connectivity index (χ0v) is 13.8. The van der Waals surface area contributed by atoms with E-state index in [0.717, 1.165) is 17.2 Å². The third kappa shape index (κ3) is 2.59. The molecule has 9 heteroatoms. The monoisotopic (exact) mass is 372 g/mol. The predicted octanol–water partition coefficient (Wildman–Crippen LogP) is 3.60. The second kappa shape index (κ2) is 5.76. The minimum Gasteiger partial charge on any atom is -0.268 e. The number of carbonyl (C=O) groups is 2. The molecule has 3 aromatic rings. The summed E-state index contributed by atoms with van der Waals surface area (Å²) >= 11 is 0. The molecule has 27 heavy (non-hydrogen) atoms. The molecular formula is C18H11F3N4O2. The molecule has 0 radical (unpaired) electrons. The molecule has 1 aromatic carbocycles. The third-order valence-electron chi connectivity index (χ3n) is 4.33. The number of imide groups is 1. The first-order chi connectivity index (χ1) is 12.8. The minimum absolute atomic E-state index is 0.177. The number of aromatic amines is 1. The van der Waals surface area contributed by atoms with Crippen LogP contribution in [0.4, 0.5) is 19.0 Å². The summed E-state index contributed by atoms with van der Waals surface area (Å²) < 4.78 is 38.0. The molecule has 0 aliphatic carbocycles. The molecule has 4 rings (SSSR count). The number of benzene rings is 1. The number of pyridine rings is 1. The quantitative estimate of drug-likeness (QED) is 0.697. The van der Waals surface area contributed by atoms with Crippen LogP contribution in [0.3, 0.4) is 0 Å². The zero-order valence-electron chi connectivity index (χ0n) is 13.8. The van der Waals surface area contributed by atoms with Gasteiger partial charge >= 0.3 is 6.18 Å². The summed E-state index contributed by atoms with van der Waals surface area (Å²) in [6, 6.07) is 8.53. The zero-order chi connectivity index (χ0) is 19.3. The first-order valence-corrected chi connectivity index (χ1v) is 7.85. The standard InChI is InChI=1S/C18H11F3N4O2/c1-9-14(10-6-7-13(22-8-10)18(19,20)21)23-24-15(9)25-16(26)11-4-2-3-5-12(11)17(25)27/h2-8H,1H3,(H,23,24). The van der Waals surface area contributed by atoms with E-state index in [9.17, 15) is 22.8 Å². The van der Waals surface area contributed by atoms with Crippen LogP contribution in [0.15, 0.2) is 42.6 Å². The predicted molar refractivity (Wildman–Crippen MR) is 89.1 cm³/mol. The van der Waals surface area contributed by atoms with Gasteiger partial charge in [0.15, 0.2) is 0 Å². The average molecular weight is 372 g/mol. The summed E-state index contributed by atoms with van der Waals surface area (Å²) in [5, 5.41) is 6.70. The van der Waals surface area contributed by atoms with Gasteiger partial charge in [0, 0.05) is 17.3 Å². The number of hydrogen-bond donors (Lipinski definition) is 1. The van der Waals surface area contributed by atoms with Crippen molar-refractivity contribution in [1.29, 1.82) is 0 Å². The first-order valence-electron chi connectivity index (χ1n) is 7.85. The number of hydrogen-bond acceptors (Lipinski definition) is 4. The fourth-order valence-electron chi connectivity index (χ4n) is 2.98. The highest BCUT2D eigenvalue weighted by atomic mass is 19.4. The molecule has 0 bridgehead atoms. The Morgan fingerprint density at radius 2 is 1.63 bits per heavy atom. The van der Waals surface area contributed by atoms with E-state index in [0.29, 0.717) is 16.8 Å². The summed E-state index contributed by atoms with van der Waals surface area (Å²) in [5.74, 6) is -0.796. The van der Waals surface area contributed by atoms with E-state index in [4.69, 9.17) is 0 Å². The van der Waals surface area contributed by atoms with Gasteiger partial charge in [-0.05, 0) is 31.2 Å². The number of H-pyrrole nitrogens is 1. The molecule has 2 amide bonds. The fourth-order valence-corrected chi connectivity index (χ4v) is 2.98. The molecule has 6 nitrogen and oxygen atoms in total. The molecule has 1 N–H and O–H groups in total. The van der Waals surface area contributed by atoms with Gasteiger partial charge in [0.1, 0.15) is 11.5 Å². The normalized spacial score (nSPS) is 14.0. The molecule has 136 valence electrons. The maximum absolute atomic E-state index is 12.7. The summed E-state index contributed by atoms with van der Waals surface area (Å²) in [6.45, 7) is 1.62. The molecular weight excluding hydrogens is 361 g/mol. The van der Waals surface area contributed by atoms with Crippen molar-refractivity contribution >= 4 is 17.6 Å². The van der Waals surface area contributed by atoms with E-state index >= 15 is 0 Å². The number of amides is 2. The summed E-state index contributed by atoms with van der Waals surface area (Å²) in [4.78, 5) is 29.6. The summed E-state index contributed by atoms with van der Waals surface area (Å²) in [5.41, 5.74) is 0.650. The lowest BCUT2D eigenvalue weighted by atomic mass is 10.1. The van der Waals surface area contributed by atoms with Gasteiger partial charge in [-0.15, -0.1) is 0 Å². The topological polar surface area (TPSA) is 79.0 Å². The Morgan fingerprint density at radius 1 is 1.00 bits per heavy atom. The summed E-state index contributed by atoms with van der Waals surface area (Å²) in [7, 11) is 0. The molecule has 0 spiro atoms. The molecule has 0 atom stereocenters. The third-order valence-corrected chi connectivity index (χ3v) is 4.33. The van der Waals surface area contributed by atoms with Crippen LogP contribution in [0.25, 0.3) is 11.3 Å². The van der Waals surface area contributed by atoms with Crippen LogP contribution in [0.2, 0.25) is 0 Å². The van der Waals surface area contributed by atoms with Crippen molar-refractivity contribution in [3.63, 3.8) is 0 Å². The largest absolute Gasteiger partial charge is 0.433 e. The highest BCUT2D eigenvalue weighted by Gasteiger charge is 2.38. The van der Waals surface area contributed by atoms with E-state index in [2.05, 4.69) is 15.2 Å². The van der Waals surface area contributed by atoms with Gasteiger partial charge in [0.2, 0.25) is 0 Å². The fraction of sp³-hybridized carbons (Fsp3) is 0.111. The van der Waals surface area contributed by atoms with Gasteiger partial charge in [0.05, 0.1) is 16.8 Å². The second-order valence-corrected chi connectivity index (χ2v) is 5.97. The van der Waals surface area contributed by atoms with E-state index in [1.807, 2.05) is 0 Å². The van der Waals surface area contributed by atoms with Gasteiger partial charge in [-0.3, -0.25) is 19.7 Å². The van der Waals surface area contributed by atoms with Crippen LogP contribution >= 0.6 is 0 Å². The Bertz CT molecular complexity index is 1040. The van der Waals surface area contributed by atoms with Gasteiger partial charge in [-0.25, -0.2) is 4.90 Å². The van der Waals surface area contributed by atoms with Crippen molar-refractivity contribution in [3.05, 3.63) is 65.0 Å². The van der Waals surface area contributed by atoms with Crippen LogP contribution in [-0.4, -0.2) is 27.0 Å². The number of nitrogens with zero attached hydrogens (tertiary/aromatic N) is 3.